The molecule has 11 heteroatoms. The normalized spacial score (nSPS) is 11.9. The molecular weight excluding hydrogens is 501 g/mol. The van der Waals surface area contributed by atoms with Crippen LogP contribution in [0.4, 0.5) is 0 Å². The first kappa shape index (κ1) is 35.6. The molecule has 2 rings (SSSR count). The largest absolute Gasteiger partial charge is 0.780 e. The quantitative estimate of drug-likeness (QED) is 0.177. The third kappa shape index (κ3) is 18.5. The fourth-order valence-corrected chi connectivity index (χ4v) is 1.69. The Morgan fingerprint density at radius 3 is 1.18 bits per heavy atom. The van der Waals surface area contributed by atoms with E-state index in [2.05, 4.69) is 58.5 Å². The van der Waals surface area contributed by atoms with E-state index in [-0.39, 0.29) is 22.2 Å². The number of hydrogen-bond acceptors (Lipinski definition) is 10. The van der Waals surface area contributed by atoms with Gasteiger partial charge in [0.2, 0.25) is 0 Å². The molecule has 0 fully saturated rings. The second kappa shape index (κ2) is 20.6. The van der Waals surface area contributed by atoms with Crippen molar-refractivity contribution in [2.45, 2.75) is 58.8 Å². The fraction of sp³-hybridized carbons (Fsp3) is 0.348. The van der Waals surface area contributed by atoms with Crippen LogP contribution in [0.1, 0.15) is 54.0 Å². The zero-order valence-electron chi connectivity index (χ0n) is 20.5. The van der Waals surface area contributed by atoms with E-state index in [9.17, 15) is 0 Å². The Bertz CT molecular complexity index is 807. The molecule has 1 aromatic carbocycles. The summed E-state index contributed by atoms with van der Waals surface area (Å²) in [5, 5.41) is 43.3. The van der Waals surface area contributed by atoms with E-state index in [1.807, 2.05) is 30.3 Å². The Morgan fingerprint density at radius 2 is 1.00 bits per heavy atom. The van der Waals surface area contributed by atoms with Gasteiger partial charge in [0.1, 0.15) is 22.8 Å². The minimum absolute atomic E-state index is 0. The molecule has 0 saturated heterocycles. The van der Waals surface area contributed by atoms with Crippen molar-refractivity contribution >= 4 is 35.5 Å². The summed E-state index contributed by atoms with van der Waals surface area (Å²) < 4.78 is 0. The molecule has 9 nitrogen and oxygen atoms in total. The Balaban J connectivity index is -0.000000382. The fourth-order valence-electron chi connectivity index (χ4n) is 1.56. The van der Waals surface area contributed by atoms with Gasteiger partial charge in [0.15, 0.2) is 0 Å². The van der Waals surface area contributed by atoms with Gasteiger partial charge >= 0.3 is 0 Å². The zero-order chi connectivity index (χ0) is 25.9. The van der Waals surface area contributed by atoms with Gasteiger partial charge in [-0.05, 0) is 50.8 Å². The Morgan fingerprint density at radius 1 is 0.676 bits per heavy atom. The van der Waals surface area contributed by atoms with Crippen LogP contribution in [0.25, 0.3) is 0 Å². The Labute approximate surface area is 217 Å². The maximum atomic E-state index is 8.03. The van der Waals surface area contributed by atoms with Crippen molar-refractivity contribution in [3.8, 4) is 0 Å². The van der Waals surface area contributed by atoms with Crippen LogP contribution in [0.15, 0.2) is 80.4 Å². The van der Waals surface area contributed by atoms with E-state index < -0.39 is 0 Å². The molecule has 191 valence electrons. The minimum atomic E-state index is 0. The first-order valence-corrected chi connectivity index (χ1v) is 10.2. The van der Waals surface area contributed by atoms with Crippen molar-refractivity contribution in [3.63, 3.8) is 0 Å². The standard InChI is InChI=1S/C10H14S.C5H5N.2C4H8N2O2.Co/c1-10(2,3)8-4-6-9(11)7-5-8;1-2-4-6-5-3-1;2*1-3(5-7)4(2)6-8;/h4-7,11H,1-3H3;1-5H;2*7-8H,1-2H3;/p-1/b;;2*5-3+,6-4+;. The predicted octanol–water partition coefficient (Wildman–Crippen LogP) is 5.34. The van der Waals surface area contributed by atoms with Crippen LogP contribution >= 0.6 is 0 Å². The van der Waals surface area contributed by atoms with Crippen LogP contribution in [0, 0.1) is 0 Å². The zero-order valence-corrected chi connectivity index (χ0v) is 22.3. The monoisotopic (exact) mass is 535 g/mol. The van der Waals surface area contributed by atoms with Gasteiger partial charge in [-0.15, -0.1) is 0 Å². The van der Waals surface area contributed by atoms with Crippen molar-refractivity contribution in [3.05, 3.63) is 60.4 Å². The number of rotatable bonds is 2. The van der Waals surface area contributed by atoms with Crippen LogP contribution in [-0.4, -0.2) is 48.7 Å². The number of oxime groups is 4. The molecule has 4 N–H and O–H groups in total. The summed E-state index contributed by atoms with van der Waals surface area (Å²) in [5.41, 5.74) is 2.83. The summed E-state index contributed by atoms with van der Waals surface area (Å²) in [6.45, 7) is 12.7. The smallest absolute Gasteiger partial charge is 0.101 e. The summed E-state index contributed by atoms with van der Waals surface area (Å²) in [7, 11) is 0. The average molecular weight is 536 g/mol. The first-order chi connectivity index (χ1) is 15.4. The number of aromatic nitrogens is 1. The third-order valence-corrected chi connectivity index (χ3v) is 4.21. The van der Waals surface area contributed by atoms with Gasteiger partial charge in [0, 0.05) is 29.2 Å². The number of nitrogens with zero attached hydrogens (tertiary/aromatic N) is 5. The van der Waals surface area contributed by atoms with E-state index in [0.29, 0.717) is 22.8 Å². The minimum Gasteiger partial charge on any atom is -0.780 e. The van der Waals surface area contributed by atoms with Crippen molar-refractivity contribution in [1.82, 2.24) is 4.98 Å². The molecule has 0 unspecified atom stereocenters. The summed E-state index contributed by atoms with van der Waals surface area (Å²) >= 11 is 4.99. The molecule has 0 bridgehead atoms. The summed E-state index contributed by atoms with van der Waals surface area (Å²) in [4.78, 5) is 4.70. The SMILES string of the molecule is CC(=N\O)/C(C)=N/O.CC(=N\O)/C(C)=N/O.CC(C)(C)c1ccc([S-])cc1.[Co].c1ccncc1. The predicted molar refractivity (Wildman–Crippen MR) is 135 cm³/mol. The average Bonchev–Trinajstić information content (AvgIpc) is 2.83. The molecule has 1 aromatic heterocycles. The van der Waals surface area contributed by atoms with Gasteiger partial charge in [0.05, 0.1) is 0 Å². The molecule has 0 aliphatic carbocycles. The van der Waals surface area contributed by atoms with Crippen molar-refractivity contribution in [2.75, 3.05) is 0 Å². The molecule has 0 saturated carbocycles. The number of pyridine rings is 1. The van der Waals surface area contributed by atoms with Gasteiger partial charge in [-0.3, -0.25) is 4.98 Å². The van der Waals surface area contributed by atoms with Gasteiger partial charge in [-0.2, -0.15) is 4.90 Å². The molecule has 0 spiro atoms. The van der Waals surface area contributed by atoms with Crippen LogP contribution in [0.3, 0.4) is 0 Å². The Hall–Kier alpha value is -3.02. The Kier molecular flexibility index (Phi) is 21.5. The van der Waals surface area contributed by atoms with Crippen LogP contribution < -0.4 is 0 Å². The first-order valence-electron chi connectivity index (χ1n) is 9.82. The van der Waals surface area contributed by atoms with E-state index in [1.54, 1.807) is 12.4 Å². The van der Waals surface area contributed by atoms with Crippen molar-refractivity contribution in [1.29, 1.82) is 0 Å². The van der Waals surface area contributed by atoms with Crippen molar-refractivity contribution in [2.24, 2.45) is 20.6 Å². The molecular formula is C23H34CoN5O4S-. The maximum absolute atomic E-state index is 8.03. The number of hydrogen-bond donors (Lipinski definition) is 4. The molecule has 2 aromatic rings. The molecule has 0 aliphatic heterocycles. The van der Waals surface area contributed by atoms with Crippen LogP contribution in [0.5, 0.6) is 0 Å². The van der Waals surface area contributed by atoms with Gasteiger partial charge in [-0.25, -0.2) is 0 Å². The second-order valence-corrected chi connectivity index (χ2v) is 8.01. The van der Waals surface area contributed by atoms with E-state index in [1.165, 1.54) is 33.3 Å². The van der Waals surface area contributed by atoms with Crippen molar-refractivity contribution < 1.29 is 37.6 Å². The topological polar surface area (TPSA) is 143 Å². The van der Waals surface area contributed by atoms with Crippen LogP contribution in [-0.2, 0) is 34.8 Å². The summed E-state index contributed by atoms with van der Waals surface area (Å²) in [5.74, 6) is 0. The molecule has 0 aliphatic rings. The van der Waals surface area contributed by atoms with E-state index in [0.717, 1.165) is 4.90 Å². The van der Waals surface area contributed by atoms with Gasteiger partial charge < -0.3 is 33.5 Å². The molecule has 0 atom stereocenters. The maximum Gasteiger partial charge on any atom is 0.101 e. The molecule has 0 amide bonds. The summed E-state index contributed by atoms with van der Waals surface area (Å²) in [6, 6.07) is 13.9. The summed E-state index contributed by atoms with van der Waals surface area (Å²) in [6.07, 6.45) is 3.50. The van der Waals surface area contributed by atoms with Crippen LogP contribution in [0.2, 0.25) is 0 Å². The van der Waals surface area contributed by atoms with E-state index in [4.69, 9.17) is 33.5 Å². The van der Waals surface area contributed by atoms with Gasteiger partial charge in [-0.1, -0.05) is 71.7 Å². The second-order valence-electron chi connectivity index (χ2n) is 7.54. The van der Waals surface area contributed by atoms with Gasteiger partial charge in [0.25, 0.3) is 0 Å². The number of benzene rings is 1. The molecule has 34 heavy (non-hydrogen) atoms. The molecule has 1 radical (unpaired) electrons. The van der Waals surface area contributed by atoms with E-state index >= 15 is 0 Å². The molecule has 1 heterocycles. The third-order valence-electron chi connectivity index (χ3n) is 3.93.